The zero-order valence-electron chi connectivity index (χ0n) is 25.8. The van der Waals surface area contributed by atoms with Gasteiger partial charge in [0.15, 0.2) is 0 Å². The van der Waals surface area contributed by atoms with Crippen LogP contribution in [0.3, 0.4) is 0 Å². The summed E-state index contributed by atoms with van der Waals surface area (Å²) in [5.41, 5.74) is 10.7. The van der Waals surface area contributed by atoms with Crippen molar-refractivity contribution in [1.29, 1.82) is 10.5 Å². The standard InChI is InChI=1S/C44H26N4/c45-27-31-22-24-36(44(38(31)28-46)48-41-20-10-4-14-32(41)33-15-5-11-21-42(33)48)34-16-6-8-18-39(34)47-40-19-9-7-17-35(40)37-26-30(23-25-43(37)47)29-12-2-1-3-13-29/h1-26H. The first kappa shape index (κ1) is 27.4. The number of para-hydroxylation sites is 4. The Bertz CT molecular complexity index is 2750. The first-order chi connectivity index (χ1) is 23.8. The zero-order chi connectivity index (χ0) is 32.2. The second kappa shape index (κ2) is 10.9. The average molecular weight is 611 g/mol. The lowest BCUT2D eigenvalue weighted by Crippen LogP contribution is -2.05. The van der Waals surface area contributed by atoms with Gasteiger partial charge in [0.1, 0.15) is 12.1 Å². The van der Waals surface area contributed by atoms with Crippen molar-refractivity contribution < 1.29 is 0 Å². The molecule has 0 aliphatic heterocycles. The first-order valence-corrected chi connectivity index (χ1v) is 15.9. The molecular weight excluding hydrogens is 585 g/mol. The smallest absolute Gasteiger partial charge is 0.103 e. The molecule has 0 N–H and O–H groups in total. The van der Waals surface area contributed by atoms with Crippen molar-refractivity contribution in [3.05, 3.63) is 169 Å². The highest BCUT2D eigenvalue weighted by Gasteiger charge is 2.24. The molecule has 0 spiro atoms. The fourth-order valence-corrected chi connectivity index (χ4v) is 7.35. The lowest BCUT2D eigenvalue weighted by Gasteiger charge is -2.20. The highest BCUT2D eigenvalue weighted by molar-refractivity contribution is 6.12. The van der Waals surface area contributed by atoms with Gasteiger partial charge in [-0.15, -0.1) is 0 Å². The van der Waals surface area contributed by atoms with Crippen LogP contribution in [0.2, 0.25) is 0 Å². The predicted molar refractivity (Wildman–Crippen MR) is 195 cm³/mol. The molecule has 0 fully saturated rings. The second-order valence-corrected chi connectivity index (χ2v) is 11.9. The van der Waals surface area contributed by atoms with Gasteiger partial charge >= 0.3 is 0 Å². The Balaban J connectivity index is 1.38. The van der Waals surface area contributed by atoms with Crippen molar-refractivity contribution >= 4 is 43.6 Å². The van der Waals surface area contributed by atoms with Crippen molar-refractivity contribution in [1.82, 2.24) is 9.13 Å². The summed E-state index contributed by atoms with van der Waals surface area (Å²) in [5.74, 6) is 0. The molecule has 2 aromatic heterocycles. The van der Waals surface area contributed by atoms with Crippen molar-refractivity contribution in [2.45, 2.75) is 0 Å². The molecule has 4 heteroatoms. The molecule has 48 heavy (non-hydrogen) atoms. The van der Waals surface area contributed by atoms with E-state index in [9.17, 15) is 10.5 Å². The van der Waals surface area contributed by atoms with E-state index in [2.05, 4.69) is 130 Å². The van der Waals surface area contributed by atoms with E-state index >= 15 is 0 Å². The number of nitriles is 2. The van der Waals surface area contributed by atoms with Crippen molar-refractivity contribution in [3.63, 3.8) is 0 Å². The van der Waals surface area contributed by atoms with E-state index in [1.165, 1.54) is 21.9 Å². The Labute approximate surface area is 277 Å². The minimum Gasteiger partial charge on any atom is -0.309 e. The molecule has 0 saturated heterocycles. The van der Waals surface area contributed by atoms with Crippen molar-refractivity contribution in [2.75, 3.05) is 0 Å². The molecule has 0 atom stereocenters. The molecule has 2 heterocycles. The molecule has 4 nitrogen and oxygen atoms in total. The van der Waals surface area contributed by atoms with Crippen LogP contribution in [0.4, 0.5) is 0 Å². The van der Waals surface area contributed by atoms with Crippen LogP contribution in [0.1, 0.15) is 11.1 Å². The normalized spacial score (nSPS) is 11.3. The summed E-state index contributed by atoms with van der Waals surface area (Å²) in [6.45, 7) is 0. The highest BCUT2D eigenvalue weighted by atomic mass is 15.0. The summed E-state index contributed by atoms with van der Waals surface area (Å²) in [6.07, 6.45) is 0. The van der Waals surface area contributed by atoms with E-state index in [1.807, 2.05) is 42.5 Å². The fourth-order valence-electron chi connectivity index (χ4n) is 7.35. The third-order valence-electron chi connectivity index (χ3n) is 9.43. The topological polar surface area (TPSA) is 57.4 Å². The fraction of sp³-hybridized carbons (Fsp3) is 0. The van der Waals surface area contributed by atoms with Crippen LogP contribution >= 0.6 is 0 Å². The SMILES string of the molecule is N#Cc1ccc(-c2ccccc2-n2c3ccccc3c3cc(-c4ccccc4)ccc32)c(-n2c3ccccc3c3ccccc32)c1C#N. The maximum Gasteiger partial charge on any atom is 0.103 e. The van der Waals surface area contributed by atoms with Crippen LogP contribution < -0.4 is 0 Å². The van der Waals surface area contributed by atoms with Gasteiger partial charge in [-0.3, -0.25) is 0 Å². The minimum absolute atomic E-state index is 0.348. The molecule has 0 aliphatic carbocycles. The maximum atomic E-state index is 10.7. The summed E-state index contributed by atoms with van der Waals surface area (Å²) < 4.78 is 4.49. The van der Waals surface area contributed by atoms with Gasteiger partial charge in [-0.25, -0.2) is 0 Å². The molecule has 0 unspecified atom stereocenters. The lowest BCUT2D eigenvalue weighted by atomic mass is 9.95. The Morgan fingerprint density at radius 3 is 1.62 bits per heavy atom. The summed E-state index contributed by atoms with van der Waals surface area (Å²) in [6, 6.07) is 59.1. The lowest BCUT2D eigenvalue weighted by molar-refractivity contribution is 1.15. The zero-order valence-corrected chi connectivity index (χ0v) is 25.8. The Morgan fingerprint density at radius 2 is 0.958 bits per heavy atom. The minimum atomic E-state index is 0.348. The molecular formula is C44H26N4. The summed E-state index contributed by atoms with van der Waals surface area (Å²) in [7, 11) is 0. The van der Waals surface area contributed by atoms with Crippen LogP contribution in [0.15, 0.2) is 158 Å². The third-order valence-corrected chi connectivity index (χ3v) is 9.43. The number of hydrogen-bond donors (Lipinski definition) is 0. The highest BCUT2D eigenvalue weighted by Crippen LogP contribution is 2.42. The van der Waals surface area contributed by atoms with E-state index in [4.69, 9.17) is 0 Å². The van der Waals surface area contributed by atoms with Gasteiger partial charge in [0.05, 0.1) is 44.6 Å². The molecule has 9 rings (SSSR count). The average Bonchev–Trinajstić information content (AvgIpc) is 3.67. The molecule has 0 saturated carbocycles. The number of aromatic nitrogens is 2. The number of nitrogens with zero attached hydrogens (tertiary/aromatic N) is 4. The predicted octanol–water partition coefficient (Wildman–Crippen LogP) is 11.0. The van der Waals surface area contributed by atoms with Gasteiger partial charge in [0.2, 0.25) is 0 Å². The van der Waals surface area contributed by atoms with Crippen LogP contribution in [0.25, 0.3) is 77.2 Å². The van der Waals surface area contributed by atoms with E-state index in [-0.39, 0.29) is 0 Å². The van der Waals surface area contributed by atoms with Crippen molar-refractivity contribution in [2.24, 2.45) is 0 Å². The number of benzene rings is 7. The summed E-state index contributed by atoms with van der Waals surface area (Å²) in [5, 5.41) is 25.4. The van der Waals surface area contributed by atoms with Gasteiger partial charge in [0, 0.05) is 32.7 Å². The Morgan fingerprint density at radius 1 is 0.396 bits per heavy atom. The van der Waals surface area contributed by atoms with Gasteiger partial charge in [0.25, 0.3) is 0 Å². The molecule has 0 radical (unpaired) electrons. The van der Waals surface area contributed by atoms with E-state index in [0.29, 0.717) is 16.8 Å². The van der Waals surface area contributed by atoms with Crippen LogP contribution in [0.5, 0.6) is 0 Å². The monoisotopic (exact) mass is 610 g/mol. The number of rotatable bonds is 4. The molecule has 7 aromatic carbocycles. The van der Waals surface area contributed by atoms with Crippen molar-refractivity contribution in [3.8, 4) is 45.8 Å². The van der Waals surface area contributed by atoms with Crippen LogP contribution in [-0.4, -0.2) is 9.13 Å². The van der Waals surface area contributed by atoms with Crippen LogP contribution in [-0.2, 0) is 0 Å². The maximum absolute atomic E-state index is 10.7. The molecule has 0 aliphatic rings. The third kappa shape index (κ3) is 4.01. The molecule has 0 amide bonds. The number of hydrogen-bond acceptors (Lipinski definition) is 2. The molecule has 0 bridgehead atoms. The van der Waals surface area contributed by atoms with Gasteiger partial charge in [-0.1, -0.05) is 115 Å². The quantitative estimate of drug-likeness (QED) is 0.199. The van der Waals surface area contributed by atoms with Crippen LogP contribution in [0, 0.1) is 22.7 Å². The summed E-state index contributed by atoms with van der Waals surface area (Å²) >= 11 is 0. The molecule has 9 aromatic rings. The Kier molecular flexibility index (Phi) is 6.22. The van der Waals surface area contributed by atoms with E-state index in [0.717, 1.165) is 49.7 Å². The largest absolute Gasteiger partial charge is 0.309 e. The Hall–Kier alpha value is -6.88. The first-order valence-electron chi connectivity index (χ1n) is 15.9. The van der Waals surface area contributed by atoms with E-state index in [1.54, 1.807) is 6.07 Å². The van der Waals surface area contributed by atoms with Gasteiger partial charge in [-0.2, -0.15) is 10.5 Å². The second-order valence-electron chi connectivity index (χ2n) is 11.9. The number of fused-ring (bicyclic) bond motifs is 6. The van der Waals surface area contributed by atoms with Gasteiger partial charge in [-0.05, 0) is 53.6 Å². The molecule has 222 valence electrons. The van der Waals surface area contributed by atoms with E-state index < -0.39 is 0 Å². The summed E-state index contributed by atoms with van der Waals surface area (Å²) in [4.78, 5) is 0. The van der Waals surface area contributed by atoms with Gasteiger partial charge < -0.3 is 9.13 Å².